The summed E-state index contributed by atoms with van der Waals surface area (Å²) in [6.45, 7) is 0. The second kappa shape index (κ2) is 13.5. The van der Waals surface area contributed by atoms with Gasteiger partial charge in [0.1, 0.15) is 0 Å². The predicted molar refractivity (Wildman–Crippen MR) is 16.9 cm³/mol. The van der Waals surface area contributed by atoms with E-state index in [1.807, 2.05) is 0 Å². The van der Waals surface area contributed by atoms with Gasteiger partial charge in [0.2, 0.25) is 0 Å². The van der Waals surface area contributed by atoms with Gasteiger partial charge in [-0.25, -0.2) is 0 Å². The predicted octanol–water partition coefficient (Wildman–Crippen LogP) is -9.88. The van der Waals surface area contributed by atoms with Gasteiger partial charge in [0.15, 0.2) is 0 Å². The van der Waals surface area contributed by atoms with Crippen molar-refractivity contribution in [2.45, 2.75) is 0 Å². The molecule has 40 valence electrons. The van der Waals surface area contributed by atoms with Crippen molar-refractivity contribution < 1.29 is 106 Å². The molecule has 8 heteroatoms. The van der Waals surface area contributed by atoms with E-state index in [0.717, 1.165) is 0 Å². The Labute approximate surface area is 122 Å². The van der Waals surface area contributed by atoms with E-state index in [1.54, 1.807) is 0 Å². The molecule has 0 aromatic rings. The molecule has 0 aromatic carbocycles. The van der Waals surface area contributed by atoms with E-state index < -0.39 is 10.4 Å². The van der Waals surface area contributed by atoms with Gasteiger partial charge in [-0.2, -0.15) is 0 Å². The zero-order valence-corrected chi connectivity index (χ0v) is 12.9. The number of hydrogen-bond acceptors (Lipinski definition) is 4. The van der Waals surface area contributed by atoms with Crippen molar-refractivity contribution in [3.05, 3.63) is 7.43 Å². The van der Waals surface area contributed by atoms with Gasteiger partial charge in [0.05, 0.1) is 0 Å². The monoisotopic (exact) mass is 180 g/mol. The largest absolute Gasteiger partial charge is 1.00 e. The van der Waals surface area contributed by atoms with Crippen LogP contribution in [0.1, 0.15) is 0 Å². The molecule has 0 aromatic heterocycles. The first-order valence-electron chi connectivity index (χ1n) is 0.667. The average molecular weight is 180 g/mol. The Bertz CT molecular complexity index is 99.0. The summed E-state index contributed by atoms with van der Waals surface area (Å²) in [7, 11) is -5.17. The van der Waals surface area contributed by atoms with Gasteiger partial charge in [-0.3, -0.25) is 8.42 Å². The average Bonchev–Trinajstić information content (AvgIpc) is 0.722. The summed E-state index contributed by atoms with van der Waals surface area (Å²) >= 11 is 0. The Morgan fingerprint density at radius 1 is 0.889 bits per heavy atom. The van der Waals surface area contributed by atoms with Crippen LogP contribution in [0.4, 0.5) is 0 Å². The molecule has 0 aliphatic carbocycles. The maximum Gasteiger partial charge on any atom is 1.00 e. The van der Waals surface area contributed by atoms with E-state index >= 15 is 0 Å². The minimum Gasteiger partial charge on any atom is -0.759 e. The molecular formula is CH3Na3O4S. The van der Waals surface area contributed by atoms with Crippen molar-refractivity contribution in [1.82, 2.24) is 0 Å². The molecule has 0 radical (unpaired) electrons. The van der Waals surface area contributed by atoms with Crippen LogP contribution in [0.5, 0.6) is 0 Å². The summed E-state index contributed by atoms with van der Waals surface area (Å²) in [5.74, 6) is 0. The van der Waals surface area contributed by atoms with E-state index in [0.29, 0.717) is 0 Å². The van der Waals surface area contributed by atoms with Crippen LogP contribution >= 0.6 is 0 Å². The molecule has 0 heterocycles. The number of rotatable bonds is 0. The SMILES string of the molecule is O=S(=O)([O-])[O-].[CH3-].[Na+].[Na+].[Na+]. The fourth-order valence-corrected chi connectivity index (χ4v) is 0. The van der Waals surface area contributed by atoms with Crippen LogP contribution in [0.2, 0.25) is 0 Å². The molecule has 0 spiro atoms. The van der Waals surface area contributed by atoms with E-state index in [1.165, 1.54) is 0 Å². The minimum atomic E-state index is -5.17. The van der Waals surface area contributed by atoms with Crippen molar-refractivity contribution in [2.24, 2.45) is 0 Å². The molecule has 0 saturated heterocycles. The molecule has 0 N–H and O–H groups in total. The first-order chi connectivity index (χ1) is 2.00. The Hall–Kier alpha value is 2.87. The molecule has 0 aliphatic rings. The molecule has 0 saturated carbocycles. The summed E-state index contributed by atoms with van der Waals surface area (Å²) in [5.41, 5.74) is 0. The summed E-state index contributed by atoms with van der Waals surface area (Å²) in [6.07, 6.45) is 0. The fraction of sp³-hybridized carbons (Fsp3) is 0. The first-order valence-corrected chi connectivity index (χ1v) is 2.00. The number of hydrogen-bond donors (Lipinski definition) is 0. The van der Waals surface area contributed by atoms with Crippen molar-refractivity contribution in [2.75, 3.05) is 0 Å². The van der Waals surface area contributed by atoms with Gasteiger partial charge in [-0.05, 0) is 0 Å². The molecular weight excluding hydrogens is 177 g/mol. The van der Waals surface area contributed by atoms with Crippen molar-refractivity contribution in [3.8, 4) is 0 Å². The van der Waals surface area contributed by atoms with Gasteiger partial charge in [0, 0.05) is 10.4 Å². The molecule has 0 fully saturated rings. The second-order valence-corrected chi connectivity index (χ2v) is 1.22. The van der Waals surface area contributed by atoms with Gasteiger partial charge < -0.3 is 16.5 Å². The van der Waals surface area contributed by atoms with Crippen LogP contribution in [-0.4, -0.2) is 17.5 Å². The van der Waals surface area contributed by atoms with E-state index in [-0.39, 0.29) is 96.1 Å². The van der Waals surface area contributed by atoms with Gasteiger partial charge in [0.25, 0.3) is 0 Å². The Morgan fingerprint density at radius 3 is 0.889 bits per heavy atom. The van der Waals surface area contributed by atoms with Crippen molar-refractivity contribution >= 4 is 10.4 Å². The minimum absolute atomic E-state index is 0. The van der Waals surface area contributed by atoms with Crippen LogP contribution in [0, 0.1) is 7.43 Å². The van der Waals surface area contributed by atoms with E-state index in [2.05, 4.69) is 0 Å². The molecule has 0 aliphatic heterocycles. The molecule has 4 nitrogen and oxygen atoms in total. The van der Waals surface area contributed by atoms with Crippen LogP contribution in [0.25, 0.3) is 0 Å². The summed E-state index contributed by atoms with van der Waals surface area (Å²) in [4.78, 5) is 0. The smallest absolute Gasteiger partial charge is 0.759 e. The molecule has 0 amide bonds. The maximum atomic E-state index is 8.52. The molecule has 0 rings (SSSR count). The Balaban J connectivity index is -0.0000000133. The third-order valence-electron chi connectivity index (χ3n) is 0. The van der Waals surface area contributed by atoms with Gasteiger partial charge in [-0.1, -0.05) is 0 Å². The summed E-state index contributed by atoms with van der Waals surface area (Å²) in [6, 6.07) is 0. The normalized spacial score (nSPS) is 6.44. The van der Waals surface area contributed by atoms with Gasteiger partial charge >= 0.3 is 88.7 Å². The standard InChI is InChI=1S/CH3.3Na.H2O4S/c;;;;1-5(2,3)4/h1H3;;;;(H2,1,2,3,4)/q-1;3*+1;/p-2. The Kier molecular flexibility index (Phi) is 44.4. The molecule has 0 unspecified atom stereocenters. The summed E-state index contributed by atoms with van der Waals surface area (Å²) < 4.78 is 34.1. The Morgan fingerprint density at radius 2 is 0.889 bits per heavy atom. The van der Waals surface area contributed by atoms with Crippen molar-refractivity contribution in [1.29, 1.82) is 0 Å². The van der Waals surface area contributed by atoms with Crippen LogP contribution in [0.3, 0.4) is 0 Å². The zero-order chi connectivity index (χ0) is 4.50. The third kappa shape index (κ3) is 104. The van der Waals surface area contributed by atoms with Gasteiger partial charge in [-0.15, -0.1) is 0 Å². The molecule has 0 atom stereocenters. The van der Waals surface area contributed by atoms with Crippen LogP contribution < -0.4 is 88.7 Å². The quantitative estimate of drug-likeness (QED) is 0.160. The second-order valence-electron chi connectivity index (χ2n) is 0.408. The molecule has 9 heavy (non-hydrogen) atoms. The molecule has 0 bridgehead atoms. The maximum absolute atomic E-state index is 8.52. The zero-order valence-electron chi connectivity index (χ0n) is 6.04. The van der Waals surface area contributed by atoms with E-state index in [9.17, 15) is 0 Å². The van der Waals surface area contributed by atoms with E-state index in [4.69, 9.17) is 17.5 Å². The third-order valence-corrected chi connectivity index (χ3v) is 0. The summed E-state index contributed by atoms with van der Waals surface area (Å²) in [5, 5.41) is 0. The van der Waals surface area contributed by atoms with Crippen molar-refractivity contribution in [3.63, 3.8) is 0 Å². The fourth-order valence-electron chi connectivity index (χ4n) is 0. The first kappa shape index (κ1) is 29.7. The van der Waals surface area contributed by atoms with Crippen LogP contribution in [0.15, 0.2) is 0 Å². The van der Waals surface area contributed by atoms with Crippen LogP contribution in [-0.2, 0) is 10.4 Å². The topological polar surface area (TPSA) is 80.3 Å².